The van der Waals surface area contributed by atoms with Crippen molar-refractivity contribution in [2.75, 3.05) is 13.2 Å². The van der Waals surface area contributed by atoms with Crippen LogP contribution in [0.3, 0.4) is 0 Å². The molecule has 0 radical (unpaired) electrons. The van der Waals surface area contributed by atoms with Gasteiger partial charge in [0.2, 0.25) is 6.29 Å². The van der Waals surface area contributed by atoms with Gasteiger partial charge in [-0.25, -0.2) is 0 Å². The molecule has 0 bridgehead atoms. The second-order valence-electron chi connectivity index (χ2n) is 6.11. The summed E-state index contributed by atoms with van der Waals surface area (Å²) < 4.78 is 16.2. The normalized spacial score (nSPS) is 47.2. The molecule has 26 heavy (non-hydrogen) atoms. The fourth-order valence-corrected chi connectivity index (χ4v) is 4.22. The van der Waals surface area contributed by atoms with E-state index in [4.69, 9.17) is 14.2 Å². The van der Waals surface area contributed by atoms with Gasteiger partial charge in [-0.05, 0) is 6.92 Å². The lowest BCUT2D eigenvalue weighted by atomic mass is 10.0. The van der Waals surface area contributed by atoms with Gasteiger partial charge in [0.05, 0.1) is 24.7 Å². The first-order chi connectivity index (χ1) is 12.3. The van der Waals surface area contributed by atoms with Crippen LogP contribution in [-0.4, -0.2) is 109 Å². The Bertz CT molecular complexity index is 464. The summed E-state index contributed by atoms with van der Waals surface area (Å²) in [5.41, 5.74) is -1.14. The van der Waals surface area contributed by atoms with E-state index in [0.717, 1.165) is 11.8 Å². The number of hydrogen-bond acceptors (Lipinski definition) is 11. The first-order valence-electron chi connectivity index (χ1n) is 8.20. The average Bonchev–Trinajstić information content (AvgIpc) is 2.64. The summed E-state index contributed by atoms with van der Waals surface area (Å²) in [6, 6.07) is 0. The molecule has 7 N–H and O–H groups in total. The molecule has 10 atom stereocenters. The largest absolute Gasteiger partial charge is 0.472 e. The molecule has 11 heteroatoms. The molecule has 2 saturated heterocycles. The van der Waals surface area contributed by atoms with Crippen molar-refractivity contribution in [3.05, 3.63) is 12.3 Å². The molecule has 2 heterocycles. The molecule has 0 aliphatic carbocycles. The summed E-state index contributed by atoms with van der Waals surface area (Å²) >= 11 is 0.827. The predicted molar refractivity (Wildman–Crippen MR) is 88.8 cm³/mol. The lowest BCUT2D eigenvalue weighted by Crippen LogP contribution is -2.61. The van der Waals surface area contributed by atoms with Crippen molar-refractivity contribution >= 4 is 11.8 Å². The Morgan fingerprint density at radius 2 is 1.42 bits per heavy atom. The van der Waals surface area contributed by atoms with E-state index in [2.05, 4.69) is 0 Å². The molecule has 152 valence electrons. The second-order valence-corrected chi connectivity index (χ2v) is 7.39. The average molecular weight is 398 g/mol. The van der Waals surface area contributed by atoms with Crippen molar-refractivity contribution < 1.29 is 50.0 Å². The topological polar surface area (TPSA) is 169 Å². The Morgan fingerprint density at radius 3 is 2.00 bits per heavy atom. The summed E-state index contributed by atoms with van der Waals surface area (Å²) in [6.07, 6.45) is -7.75. The molecule has 0 spiro atoms. The maximum absolute atomic E-state index is 10.4. The van der Waals surface area contributed by atoms with Crippen molar-refractivity contribution in [2.45, 2.75) is 66.6 Å². The van der Waals surface area contributed by atoms with Crippen molar-refractivity contribution in [3.63, 3.8) is 0 Å². The number of ether oxygens (including phenoxy) is 3. The zero-order valence-electron chi connectivity index (χ0n) is 14.1. The highest BCUT2D eigenvalue weighted by atomic mass is 32.2. The number of allylic oxidation sites excluding steroid dienone is 1. The van der Waals surface area contributed by atoms with Crippen LogP contribution in [0.25, 0.3) is 0 Å². The van der Waals surface area contributed by atoms with Crippen molar-refractivity contribution in [1.29, 1.82) is 0 Å². The van der Waals surface area contributed by atoms with E-state index in [1.807, 2.05) is 0 Å². The minimum Gasteiger partial charge on any atom is -0.472 e. The van der Waals surface area contributed by atoms with E-state index in [1.54, 1.807) is 13.0 Å². The van der Waals surface area contributed by atoms with Gasteiger partial charge in [-0.15, -0.1) is 11.8 Å². The second kappa shape index (κ2) is 9.64. The number of hydrogen-bond donors (Lipinski definition) is 7. The third kappa shape index (κ3) is 4.50. The highest BCUT2D eigenvalue weighted by Crippen LogP contribution is 2.38. The van der Waals surface area contributed by atoms with E-state index < -0.39 is 72.9 Å². The first-order valence-corrected chi connectivity index (χ1v) is 9.15. The molecular weight excluding hydrogens is 372 g/mol. The van der Waals surface area contributed by atoms with Crippen LogP contribution < -0.4 is 0 Å². The standard InChI is InChI=1S/C15H26O10S/c1-2-3-23-14-13(11(21)9(19)6(4-16)24-14)26-15-12(22)10(20)8(18)7(5-17)25-15/h2-3,6-22H,4-5H2,1H3/b3-2+/t6-,7-,8-,9-,10+,11+,12-,13-,14+,15+/m1/s1. The summed E-state index contributed by atoms with van der Waals surface area (Å²) in [5.74, 6) is 0. The highest BCUT2D eigenvalue weighted by molar-refractivity contribution is 8.00. The molecular formula is C15H26O10S. The minimum absolute atomic E-state index is 0.536. The molecule has 0 unspecified atom stereocenters. The van der Waals surface area contributed by atoms with Gasteiger partial charge < -0.3 is 50.0 Å². The quantitative estimate of drug-likeness (QED) is 0.226. The molecule has 0 aromatic carbocycles. The van der Waals surface area contributed by atoms with Crippen LogP contribution in [0.2, 0.25) is 0 Å². The maximum Gasteiger partial charge on any atom is 0.214 e. The molecule has 2 aliphatic rings. The molecule has 0 aromatic heterocycles. The van der Waals surface area contributed by atoms with Gasteiger partial charge in [-0.1, -0.05) is 6.08 Å². The van der Waals surface area contributed by atoms with Crippen molar-refractivity contribution in [1.82, 2.24) is 0 Å². The molecule has 2 rings (SSSR count). The van der Waals surface area contributed by atoms with Gasteiger partial charge in [0.1, 0.15) is 48.2 Å². The maximum atomic E-state index is 10.4. The summed E-state index contributed by atoms with van der Waals surface area (Å²) in [7, 11) is 0. The first kappa shape index (κ1) is 21.8. The lowest BCUT2D eigenvalue weighted by molar-refractivity contribution is -0.238. The minimum atomic E-state index is -1.56. The molecule has 0 saturated carbocycles. The molecule has 0 amide bonds. The lowest BCUT2D eigenvalue weighted by Gasteiger charge is -2.45. The highest BCUT2D eigenvalue weighted by Gasteiger charge is 2.50. The predicted octanol–water partition coefficient (Wildman–Crippen LogP) is -3.12. The van der Waals surface area contributed by atoms with Gasteiger partial charge in [0, 0.05) is 0 Å². The van der Waals surface area contributed by atoms with Crippen LogP contribution in [0.5, 0.6) is 0 Å². The number of thioether (sulfide) groups is 1. The molecule has 10 nitrogen and oxygen atoms in total. The van der Waals surface area contributed by atoms with E-state index in [1.165, 1.54) is 6.26 Å². The van der Waals surface area contributed by atoms with E-state index in [0.29, 0.717) is 0 Å². The fraction of sp³-hybridized carbons (Fsp3) is 0.867. The van der Waals surface area contributed by atoms with Crippen molar-refractivity contribution in [2.24, 2.45) is 0 Å². The third-order valence-electron chi connectivity index (χ3n) is 4.31. The van der Waals surface area contributed by atoms with E-state index in [9.17, 15) is 35.7 Å². The smallest absolute Gasteiger partial charge is 0.214 e. The van der Waals surface area contributed by atoms with Gasteiger partial charge in [0.25, 0.3) is 0 Å². The van der Waals surface area contributed by atoms with Crippen LogP contribution in [0.4, 0.5) is 0 Å². The molecule has 2 aliphatic heterocycles. The van der Waals surface area contributed by atoms with Crippen LogP contribution in [-0.2, 0) is 14.2 Å². The Hall–Kier alpha value is -0.470. The number of aliphatic hydroxyl groups is 7. The van der Waals surface area contributed by atoms with Gasteiger partial charge in [-0.3, -0.25) is 0 Å². The van der Waals surface area contributed by atoms with Crippen LogP contribution in [0.1, 0.15) is 6.92 Å². The van der Waals surface area contributed by atoms with Crippen molar-refractivity contribution in [3.8, 4) is 0 Å². The SMILES string of the molecule is C/C=C/O[C@H]1O[C@H](CO)[C@@H](O)[C@H](O)[C@H]1S[C@@H]1O[C@H](CO)[C@@H](O)[C@H](O)[C@H]1O. The van der Waals surface area contributed by atoms with Gasteiger partial charge in [0.15, 0.2) is 0 Å². The zero-order chi connectivity index (χ0) is 19.4. The third-order valence-corrected chi connectivity index (χ3v) is 5.79. The van der Waals surface area contributed by atoms with Crippen LogP contribution in [0, 0.1) is 0 Å². The van der Waals surface area contributed by atoms with E-state index >= 15 is 0 Å². The summed E-state index contributed by atoms with van der Waals surface area (Å²) in [4.78, 5) is 0. The van der Waals surface area contributed by atoms with Crippen LogP contribution >= 0.6 is 11.8 Å². The van der Waals surface area contributed by atoms with E-state index in [-0.39, 0.29) is 0 Å². The Balaban J connectivity index is 2.17. The summed E-state index contributed by atoms with van der Waals surface area (Å²) in [5, 5.41) is 67.9. The Labute approximate surface area is 154 Å². The Kier molecular flexibility index (Phi) is 8.09. The van der Waals surface area contributed by atoms with Crippen LogP contribution in [0.15, 0.2) is 12.3 Å². The molecule has 2 fully saturated rings. The number of rotatable bonds is 6. The Morgan fingerprint density at radius 1 is 0.846 bits per heavy atom. The fourth-order valence-electron chi connectivity index (χ4n) is 2.80. The summed E-state index contributed by atoms with van der Waals surface area (Å²) in [6.45, 7) is 0.572. The molecule has 0 aromatic rings. The van der Waals surface area contributed by atoms with Gasteiger partial charge >= 0.3 is 0 Å². The monoisotopic (exact) mass is 398 g/mol. The van der Waals surface area contributed by atoms with Gasteiger partial charge in [-0.2, -0.15) is 0 Å². The zero-order valence-corrected chi connectivity index (χ0v) is 14.9. The number of aliphatic hydroxyl groups excluding tert-OH is 7.